The highest BCUT2D eigenvalue weighted by Gasteiger charge is 2.32. The van der Waals surface area contributed by atoms with Crippen LogP contribution in [-0.2, 0) is 6.18 Å². The minimum absolute atomic E-state index is 0.162. The number of hydrogen-bond acceptors (Lipinski definition) is 2. The van der Waals surface area contributed by atoms with Crippen LogP contribution in [0.25, 0.3) is 6.08 Å². The van der Waals surface area contributed by atoms with Crippen LogP contribution in [0.1, 0.15) is 11.3 Å². The van der Waals surface area contributed by atoms with Gasteiger partial charge in [-0.15, -0.1) is 0 Å². The summed E-state index contributed by atoms with van der Waals surface area (Å²) in [7, 11) is 0. The normalized spacial score (nSPS) is 11.3. The van der Waals surface area contributed by atoms with Crippen molar-refractivity contribution in [2.45, 2.75) is 6.18 Å². The van der Waals surface area contributed by atoms with Gasteiger partial charge < -0.3 is 5.73 Å². The van der Waals surface area contributed by atoms with Crippen LogP contribution < -0.4 is 5.73 Å². The van der Waals surface area contributed by atoms with E-state index in [0.29, 0.717) is 5.56 Å². The average molecular weight is 188 g/mol. The predicted molar refractivity (Wildman–Crippen MR) is 43.7 cm³/mol. The van der Waals surface area contributed by atoms with Crippen molar-refractivity contribution in [3.05, 3.63) is 30.0 Å². The first-order valence-electron chi connectivity index (χ1n) is 3.40. The van der Waals surface area contributed by atoms with E-state index in [1.807, 2.05) is 0 Å². The molecule has 5 heteroatoms. The van der Waals surface area contributed by atoms with Crippen LogP contribution in [0.3, 0.4) is 0 Å². The second-order valence-corrected chi connectivity index (χ2v) is 2.41. The maximum atomic E-state index is 12.1. The van der Waals surface area contributed by atoms with Crippen molar-refractivity contribution < 1.29 is 13.2 Å². The zero-order chi connectivity index (χ0) is 10.1. The smallest absolute Gasteiger partial charge is 0.384 e. The Labute approximate surface area is 72.9 Å². The number of nitrogen functional groups attached to an aromatic ring is 1. The third-order valence-corrected chi connectivity index (χ3v) is 1.39. The molecule has 1 aromatic rings. The molecule has 1 heterocycles. The van der Waals surface area contributed by atoms with Crippen molar-refractivity contribution in [3.8, 4) is 0 Å². The highest BCUT2D eigenvalue weighted by Crippen LogP contribution is 2.29. The predicted octanol–water partition coefficient (Wildman–Crippen LogP) is 2.33. The molecule has 0 aliphatic carbocycles. The molecular formula is C8H7F3N2. The minimum Gasteiger partial charge on any atom is -0.384 e. The molecule has 0 saturated carbocycles. The second-order valence-electron chi connectivity index (χ2n) is 2.41. The molecule has 1 aromatic heterocycles. The van der Waals surface area contributed by atoms with Crippen molar-refractivity contribution in [2.24, 2.45) is 0 Å². The molecule has 0 aromatic carbocycles. The van der Waals surface area contributed by atoms with E-state index < -0.39 is 11.9 Å². The Morgan fingerprint density at radius 3 is 2.46 bits per heavy atom. The largest absolute Gasteiger partial charge is 0.433 e. The molecule has 2 N–H and O–H groups in total. The summed E-state index contributed by atoms with van der Waals surface area (Å²) < 4.78 is 36.4. The lowest BCUT2D eigenvalue weighted by atomic mass is 10.2. The summed E-state index contributed by atoms with van der Waals surface area (Å²) in [4.78, 5) is 3.16. The van der Waals surface area contributed by atoms with Gasteiger partial charge in [0, 0.05) is 0 Å². The molecule has 0 bridgehead atoms. The highest BCUT2D eigenvalue weighted by molar-refractivity contribution is 5.52. The molecule has 0 saturated heterocycles. The van der Waals surface area contributed by atoms with Crippen LogP contribution in [0.2, 0.25) is 0 Å². The Morgan fingerprint density at radius 2 is 2.00 bits per heavy atom. The zero-order valence-corrected chi connectivity index (χ0v) is 6.60. The van der Waals surface area contributed by atoms with Gasteiger partial charge in [-0.1, -0.05) is 12.7 Å². The van der Waals surface area contributed by atoms with E-state index >= 15 is 0 Å². The van der Waals surface area contributed by atoms with Crippen LogP contribution in [0.15, 0.2) is 18.7 Å². The first-order chi connectivity index (χ1) is 5.93. The molecule has 0 spiro atoms. The summed E-state index contributed by atoms with van der Waals surface area (Å²) in [5.74, 6) is -0.162. The van der Waals surface area contributed by atoms with E-state index in [-0.39, 0.29) is 5.82 Å². The Kier molecular flexibility index (Phi) is 2.27. The number of nitrogens with zero attached hydrogens (tertiary/aromatic N) is 1. The van der Waals surface area contributed by atoms with Gasteiger partial charge in [-0.05, 0) is 17.7 Å². The fourth-order valence-electron chi connectivity index (χ4n) is 0.837. The average Bonchev–Trinajstić information content (AvgIpc) is 2.01. The number of anilines is 1. The summed E-state index contributed by atoms with van der Waals surface area (Å²) in [5.41, 5.74) is 4.48. The molecule has 0 aliphatic rings. The van der Waals surface area contributed by atoms with E-state index in [0.717, 1.165) is 6.07 Å². The number of alkyl halides is 3. The Morgan fingerprint density at radius 1 is 1.38 bits per heavy atom. The molecule has 70 valence electrons. The van der Waals surface area contributed by atoms with Crippen molar-refractivity contribution in [2.75, 3.05) is 5.73 Å². The summed E-state index contributed by atoms with van der Waals surface area (Å²) in [6.45, 7) is 3.34. The highest BCUT2D eigenvalue weighted by atomic mass is 19.4. The molecule has 1 rings (SSSR count). The third-order valence-electron chi connectivity index (χ3n) is 1.39. The lowest BCUT2D eigenvalue weighted by Gasteiger charge is -2.06. The van der Waals surface area contributed by atoms with Gasteiger partial charge in [0.25, 0.3) is 0 Å². The number of nitrogens with two attached hydrogens (primary N) is 1. The van der Waals surface area contributed by atoms with Crippen molar-refractivity contribution in [1.82, 2.24) is 4.98 Å². The van der Waals surface area contributed by atoms with Gasteiger partial charge >= 0.3 is 6.18 Å². The molecule has 0 atom stereocenters. The molecule has 0 fully saturated rings. The van der Waals surface area contributed by atoms with E-state index in [1.54, 1.807) is 0 Å². The molecule has 2 nitrogen and oxygen atoms in total. The molecule has 0 amide bonds. The maximum absolute atomic E-state index is 12.1. The van der Waals surface area contributed by atoms with Crippen molar-refractivity contribution in [1.29, 1.82) is 0 Å². The van der Waals surface area contributed by atoms with Gasteiger partial charge in [0.05, 0.1) is 0 Å². The van der Waals surface area contributed by atoms with Crippen LogP contribution in [0.5, 0.6) is 0 Å². The Balaban J connectivity index is 3.24. The molecular weight excluding hydrogens is 181 g/mol. The fourth-order valence-corrected chi connectivity index (χ4v) is 0.837. The van der Waals surface area contributed by atoms with E-state index in [1.165, 1.54) is 12.1 Å². The topological polar surface area (TPSA) is 38.9 Å². The summed E-state index contributed by atoms with van der Waals surface area (Å²) in [6, 6.07) is 2.21. The first kappa shape index (κ1) is 9.57. The van der Waals surface area contributed by atoms with Crippen LogP contribution in [-0.4, -0.2) is 4.98 Å². The fraction of sp³-hybridized carbons (Fsp3) is 0.125. The molecule has 0 aliphatic heterocycles. The quantitative estimate of drug-likeness (QED) is 0.734. The van der Waals surface area contributed by atoms with Crippen LogP contribution >= 0.6 is 0 Å². The van der Waals surface area contributed by atoms with Gasteiger partial charge in [-0.2, -0.15) is 13.2 Å². The van der Waals surface area contributed by atoms with E-state index in [4.69, 9.17) is 5.73 Å². The van der Waals surface area contributed by atoms with E-state index in [9.17, 15) is 13.2 Å². The second kappa shape index (κ2) is 3.08. The van der Waals surface area contributed by atoms with Gasteiger partial charge in [0.15, 0.2) is 0 Å². The maximum Gasteiger partial charge on any atom is 0.433 e. The zero-order valence-electron chi connectivity index (χ0n) is 6.60. The van der Waals surface area contributed by atoms with Crippen LogP contribution in [0, 0.1) is 0 Å². The van der Waals surface area contributed by atoms with Gasteiger partial charge in [0.2, 0.25) is 0 Å². The number of aromatic nitrogens is 1. The molecule has 13 heavy (non-hydrogen) atoms. The standard InChI is InChI=1S/C8H7F3N2/c1-2-5-3-6(8(9,10)11)13-7(12)4-5/h2-4H,1H2,(H2,12,13). The minimum atomic E-state index is -4.47. The number of halogens is 3. The SMILES string of the molecule is C=Cc1cc(N)nc(C(F)(F)F)c1. The lowest BCUT2D eigenvalue weighted by Crippen LogP contribution is -2.09. The number of hydrogen-bond donors (Lipinski definition) is 1. The number of pyridine rings is 1. The van der Waals surface area contributed by atoms with Crippen molar-refractivity contribution >= 4 is 11.9 Å². The molecule has 0 radical (unpaired) electrons. The van der Waals surface area contributed by atoms with Gasteiger partial charge in [0.1, 0.15) is 11.5 Å². The lowest BCUT2D eigenvalue weighted by molar-refractivity contribution is -0.141. The Bertz CT molecular complexity index is 331. The van der Waals surface area contributed by atoms with E-state index in [2.05, 4.69) is 11.6 Å². The van der Waals surface area contributed by atoms with Crippen molar-refractivity contribution in [3.63, 3.8) is 0 Å². The Hall–Kier alpha value is -1.52. The summed E-state index contributed by atoms with van der Waals surface area (Å²) >= 11 is 0. The van der Waals surface area contributed by atoms with Gasteiger partial charge in [-0.25, -0.2) is 4.98 Å². The van der Waals surface area contributed by atoms with Gasteiger partial charge in [-0.3, -0.25) is 0 Å². The molecule has 0 unspecified atom stereocenters. The summed E-state index contributed by atoms with van der Waals surface area (Å²) in [5, 5.41) is 0. The third kappa shape index (κ3) is 2.21. The first-order valence-corrected chi connectivity index (χ1v) is 3.40. The monoisotopic (exact) mass is 188 g/mol. The van der Waals surface area contributed by atoms with Crippen LogP contribution in [0.4, 0.5) is 19.0 Å². The summed E-state index contributed by atoms with van der Waals surface area (Å²) in [6.07, 6.45) is -3.18. The number of rotatable bonds is 1.